The van der Waals surface area contributed by atoms with Crippen LogP contribution in [0.4, 0.5) is 5.69 Å². The van der Waals surface area contributed by atoms with Crippen LogP contribution in [0, 0.1) is 0 Å². The zero-order chi connectivity index (χ0) is 13.9. The van der Waals surface area contributed by atoms with Crippen LogP contribution < -0.4 is 10.9 Å². The molecule has 0 heterocycles. The number of rotatable bonds is 3. The Morgan fingerprint density at radius 2 is 1.74 bits per heavy atom. The van der Waals surface area contributed by atoms with Gasteiger partial charge >= 0.3 is 0 Å². The van der Waals surface area contributed by atoms with Crippen molar-refractivity contribution in [3.63, 3.8) is 0 Å². The van der Waals surface area contributed by atoms with Gasteiger partial charge in [0.1, 0.15) is 0 Å². The van der Waals surface area contributed by atoms with Crippen molar-refractivity contribution in [2.75, 3.05) is 5.43 Å². The van der Waals surface area contributed by atoms with E-state index in [1.54, 1.807) is 0 Å². The molecule has 2 N–H and O–H groups in total. The number of hydrazine groups is 1. The van der Waals surface area contributed by atoms with Crippen molar-refractivity contribution in [2.24, 2.45) is 0 Å². The summed E-state index contributed by atoms with van der Waals surface area (Å²) in [5, 5.41) is 0. The maximum atomic E-state index is 11.6. The number of hydrogen-bond acceptors (Lipinski definition) is 3. The third kappa shape index (κ3) is 3.60. The Kier molecular flexibility index (Phi) is 3.93. The first kappa shape index (κ1) is 13.7. The van der Waals surface area contributed by atoms with E-state index in [9.17, 15) is 4.79 Å². The summed E-state index contributed by atoms with van der Waals surface area (Å²) in [6.07, 6.45) is 4.54. The summed E-state index contributed by atoms with van der Waals surface area (Å²) in [5.41, 5.74) is 9.20. The highest BCUT2D eigenvalue weighted by Crippen LogP contribution is 2.23. The van der Waals surface area contributed by atoms with Gasteiger partial charge < -0.3 is 5.43 Å². The average molecular weight is 258 g/mol. The Balaban J connectivity index is 1.97. The molecule has 3 nitrogen and oxygen atoms in total. The molecule has 0 saturated carbocycles. The Morgan fingerprint density at radius 3 is 2.32 bits per heavy atom. The molecule has 0 aliphatic heterocycles. The molecule has 0 unspecified atom stereocenters. The van der Waals surface area contributed by atoms with Gasteiger partial charge in [0.05, 0.1) is 11.4 Å². The zero-order valence-electron chi connectivity index (χ0n) is 11.9. The van der Waals surface area contributed by atoms with E-state index in [-0.39, 0.29) is 11.2 Å². The van der Waals surface area contributed by atoms with Gasteiger partial charge in [-0.15, -0.1) is 0 Å². The molecule has 0 radical (unpaired) electrons. The molecule has 2 rings (SSSR count). The van der Waals surface area contributed by atoms with Crippen LogP contribution in [0.3, 0.4) is 0 Å². The molecular formula is C16H22N2O. The number of benzene rings is 1. The lowest BCUT2D eigenvalue weighted by molar-refractivity contribution is -0.116. The summed E-state index contributed by atoms with van der Waals surface area (Å²) in [6, 6.07) is 8.28. The maximum absolute atomic E-state index is 11.6. The van der Waals surface area contributed by atoms with Gasteiger partial charge in [0, 0.05) is 6.42 Å². The van der Waals surface area contributed by atoms with Gasteiger partial charge in [-0.05, 0) is 36.0 Å². The highest BCUT2D eigenvalue weighted by atomic mass is 16.1. The van der Waals surface area contributed by atoms with Crippen molar-refractivity contribution >= 4 is 11.5 Å². The van der Waals surface area contributed by atoms with Crippen molar-refractivity contribution in [2.45, 2.75) is 45.4 Å². The molecule has 1 aliphatic carbocycles. The first-order valence-electron chi connectivity index (χ1n) is 6.83. The van der Waals surface area contributed by atoms with E-state index in [1.165, 1.54) is 5.56 Å². The SMILES string of the molecule is CC(C)(C)c1ccc(NNC2=CCCCC2=O)cc1. The van der Waals surface area contributed by atoms with Crippen molar-refractivity contribution in [3.05, 3.63) is 41.6 Å². The molecule has 0 aromatic heterocycles. The van der Waals surface area contributed by atoms with Crippen LogP contribution in [0.2, 0.25) is 0 Å². The second-order valence-corrected chi connectivity index (χ2v) is 6.01. The monoisotopic (exact) mass is 258 g/mol. The van der Waals surface area contributed by atoms with Gasteiger partial charge in [-0.1, -0.05) is 39.0 Å². The molecule has 0 saturated heterocycles. The van der Waals surface area contributed by atoms with Gasteiger partial charge in [-0.2, -0.15) is 0 Å². The number of allylic oxidation sites excluding steroid dienone is 2. The summed E-state index contributed by atoms with van der Waals surface area (Å²) in [7, 11) is 0. The quantitative estimate of drug-likeness (QED) is 0.815. The second-order valence-electron chi connectivity index (χ2n) is 6.01. The van der Waals surface area contributed by atoms with E-state index >= 15 is 0 Å². The van der Waals surface area contributed by atoms with Gasteiger partial charge in [0.15, 0.2) is 5.78 Å². The Bertz CT molecular complexity index is 480. The van der Waals surface area contributed by atoms with Crippen molar-refractivity contribution in [1.82, 2.24) is 5.43 Å². The van der Waals surface area contributed by atoms with Crippen LogP contribution in [-0.4, -0.2) is 5.78 Å². The smallest absolute Gasteiger partial charge is 0.180 e. The second kappa shape index (κ2) is 5.47. The number of Topliss-reactive ketones (excluding diaryl/α,β-unsaturated/α-hetero) is 1. The predicted molar refractivity (Wildman–Crippen MR) is 78.8 cm³/mol. The number of carbonyl (C=O) groups is 1. The Hall–Kier alpha value is -1.77. The maximum Gasteiger partial charge on any atom is 0.180 e. The lowest BCUT2D eigenvalue weighted by Crippen LogP contribution is -2.27. The third-order valence-electron chi connectivity index (χ3n) is 3.35. The van der Waals surface area contributed by atoms with Crippen molar-refractivity contribution in [3.8, 4) is 0 Å². The topological polar surface area (TPSA) is 41.1 Å². The van der Waals surface area contributed by atoms with Crippen molar-refractivity contribution < 1.29 is 4.79 Å². The van der Waals surface area contributed by atoms with Crippen LogP contribution in [0.5, 0.6) is 0 Å². The molecule has 0 spiro atoms. The summed E-state index contributed by atoms with van der Waals surface area (Å²) in [5.74, 6) is 0.185. The van der Waals surface area contributed by atoms with Gasteiger partial charge in [-0.25, -0.2) is 0 Å². The van der Waals surface area contributed by atoms with Crippen LogP contribution in [0.15, 0.2) is 36.0 Å². The molecule has 0 bridgehead atoms. The highest BCUT2D eigenvalue weighted by molar-refractivity contribution is 5.95. The summed E-state index contributed by atoms with van der Waals surface area (Å²) >= 11 is 0. The average Bonchev–Trinajstić information content (AvgIpc) is 2.37. The number of hydrogen-bond donors (Lipinski definition) is 2. The lowest BCUT2D eigenvalue weighted by atomic mass is 9.87. The Morgan fingerprint density at radius 1 is 1.05 bits per heavy atom. The molecule has 1 aromatic carbocycles. The van der Waals surface area contributed by atoms with Crippen LogP contribution in [0.25, 0.3) is 0 Å². The molecule has 1 aromatic rings. The summed E-state index contributed by atoms with van der Waals surface area (Å²) < 4.78 is 0. The van der Waals surface area contributed by atoms with E-state index in [0.717, 1.165) is 18.5 Å². The largest absolute Gasteiger partial charge is 0.301 e. The first-order chi connectivity index (χ1) is 8.97. The third-order valence-corrected chi connectivity index (χ3v) is 3.35. The van der Waals surface area contributed by atoms with E-state index in [1.807, 2.05) is 18.2 Å². The van der Waals surface area contributed by atoms with Gasteiger partial charge in [0.2, 0.25) is 0 Å². The minimum absolute atomic E-state index is 0.161. The minimum Gasteiger partial charge on any atom is -0.301 e. The number of anilines is 1. The molecule has 3 heteroatoms. The van der Waals surface area contributed by atoms with E-state index < -0.39 is 0 Å². The molecule has 0 fully saturated rings. The molecule has 0 atom stereocenters. The lowest BCUT2D eigenvalue weighted by Gasteiger charge is -2.20. The minimum atomic E-state index is 0.161. The Labute approximate surface area is 115 Å². The molecule has 1 aliphatic rings. The van der Waals surface area contributed by atoms with Crippen LogP contribution in [0.1, 0.15) is 45.6 Å². The standard InChI is InChI=1S/C16H22N2O/c1-16(2,3)12-8-10-13(11-9-12)17-18-14-6-4-5-7-15(14)19/h6,8-11,17-18H,4-5,7H2,1-3H3. The highest BCUT2D eigenvalue weighted by Gasteiger charge is 2.14. The fourth-order valence-corrected chi connectivity index (χ4v) is 2.07. The summed E-state index contributed by atoms with van der Waals surface area (Å²) in [4.78, 5) is 11.6. The molecule has 0 amide bonds. The molecular weight excluding hydrogens is 236 g/mol. The number of nitrogens with one attached hydrogen (secondary N) is 2. The van der Waals surface area contributed by atoms with E-state index in [2.05, 4.69) is 43.8 Å². The van der Waals surface area contributed by atoms with Gasteiger partial charge in [0.25, 0.3) is 0 Å². The zero-order valence-corrected chi connectivity index (χ0v) is 11.9. The van der Waals surface area contributed by atoms with E-state index in [4.69, 9.17) is 0 Å². The number of carbonyl (C=O) groups excluding carboxylic acids is 1. The van der Waals surface area contributed by atoms with Crippen LogP contribution in [-0.2, 0) is 10.2 Å². The number of ketones is 1. The van der Waals surface area contributed by atoms with Crippen LogP contribution >= 0.6 is 0 Å². The van der Waals surface area contributed by atoms with Crippen molar-refractivity contribution in [1.29, 1.82) is 0 Å². The van der Waals surface area contributed by atoms with Gasteiger partial charge in [-0.3, -0.25) is 10.2 Å². The molecule has 19 heavy (non-hydrogen) atoms. The fourth-order valence-electron chi connectivity index (χ4n) is 2.07. The fraction of sp³-hybridized carbons (Fsp3) is 0.438. The van der Waals surface area contributed by atoms with E-state index in [0.29, 0.717) is 12.1 Å². The first-order valence-corrected chi connectivity index (χ1v) is 6.83. The molecule has 102 valence electrons. The summed E-state index contributed by atoms with van der Waals surface area (Å²) in [6.45, 7) is 6.58. The predicted octanol–water partition coefficient (Wildman–Crippen LogP) is 3.54. The normalized spacial score (nSPS) is 15.9.